The molecule has 0 radical (unpaired) electrons. The zero-order valence-corrected chi connectivity index (χ0v) is 11.4. The van der Waals surface area contributed by atoms with Gasteiger partial charge in [0.2, 0.25) is 0 Å². The Balaban J connectivity index is 3.15. The molecule has 0 aromatic heterocycles. The van der Waals surface area contributed by atoms with E-state index >= 15 is 0 Å². The lowest BCUT2D eigenvalue weighted by Gasteiger charge is -2.14. The number of hydrogen-bond acceptors (Lipinski definition) is 3. The molecule has 0 aliphatic heterocycles. The second-order valence-electron chi connectivity index (χ2n) is 4.54. The zero-order chi connectivity index (χ0) is 12.2. The standard InChI is InChI=1S/C13H29NO2/c1-5-9-15-10-11-16-13(4)7-6-8-14-12(2)3/h12-14H,5-11H2,1-4H3. The van der Waals surface area contributed by atoms with E-state index in [-0.39, 0.29) is 0 Å². The molecule has 0 aromatic carbocycles. The molecule has 0 saturated carbocycles. The van der Waals surface area contributed by atoms with Crippen molar-refractivity contribution in [1.82, 2.24) is 5.32 Å². The molecule has 0 fully saturated rings. The summed E-state index contributed by atoms with van der Waals surface area (Å²) in [4.78, 5) is 0. The van der Waals surface area contributed by atoms with Gasteiger partial charge in [-0.2, -0.15) is 0 Å². The quantitative estimate of drug-likeness (QED) is 0.554. The van der Waals surface area contributed by atoms with Gasteiger partial charge in [0, 0.05) is 12.6 Å². The van der Waals surface area contributed by atoms with Crippen molar-refractivity contribution in [1.29, 1.82) is 0 Å². The van der Waals surface area contributed by atoms with Crippen LogP contribution in [0, 0.1) is 0 Å². The number of hydrogen-bond donors (Lipinski definition) is 1. The molecule has 98 valence electrons. The third-order valence-corrected chi connectivity index (χ3v) is 2.32. The molecule has 0 aliphatic rings. The Morgan fingerprint density at radius 1 is 1.06 bits per heavy atom. The summed E-state index contributed by atoms with van der Waals surface area (Å²) in [6.45, 7) is 12.0. The Hall–Kier alpha value is -0.120. The van der Waals surface area contributed by atoms with Gasteiger partial charge in [-0.3, -0.25) is 0 Å². The van der Waals surface area contributed by atoms with Crippen molar-refractivity contribution >= 4 is 0 Å². The van der Waals surface area contributed by atoms with Crippen LogP contribution in [-0.2, 0) is 9.47 Å². The van der Waals surface area contributed by atoms with E-state index in [0.29, 0.717) is 12.1 Å². The maximum atomic E-state index is 5.64. The minimum atomic E-state index is 0.346. The van der Waals surface area contributed by atoms with E-state index in [1.807, 2.05) is 0 Å². The van der Waals surface area contributed by atoms with Crippen LogP contribution in [-0.4, -0.2) is 38.5 Å². The van der Waals surface area contributed by atoms with Crippen LogP contribution in [0.1, 0.15) is 47.0 Å². The predicted molar refractivity (Wildman–Crippen MR) is 68.9 cm³/mol. The van der Waals surface area contributed by atoms with Crippen molar-refractivity contribution in [2.45, 2.75) is 59.1 Å². The molecule has 0 heterocycles. The lowest BCUT2D eigenvalue weighted by atomic mass is 10.2. The van der Waals surface area contributed by atoms with Crippen LogP contribution in [0.2, 0.25) is 0 Å². The highest BCUT2D eigenvalue weighted by Gasteiger charge is 2.01. The van der Waals surface area contributed by atoms with Crippen LogP contribution in [0.5, 0.6) is 0 Å². The van der Waals surface area contributed by atoms with Gasteiger partial charge in [-0.05, 0) is 32.7 Å². The molecule has 0 saturated heterocycles. The number of rotatable bonds is 11. The van der Waals surface area contributed by atoms with Gasteiger partial charge in [-0.1, -0.05) is 20.8 Å². The molecule has 3 nitrogen and oxygen atoms in total. The van der Waals surface area contributed by atoms with Crippen molar-refractivity contribution < 1.29 is 9.47 Å². The zero-order valence-electron chi connectivity index (χ0n) is 11.4. The summed E-state index contributed by atoms with van der Waals surface area (Å²) >= 11 is 0. The molecular formula is C13H29NO2. The van der Waals surface area contributed by atoms with Crippen LogP contribution < -0.4 is 5.32 Å². The molecule has 0 aromatic rings. The van der Waals surface area contributed by atoms with Gasteiger partial charge in [-0.25, -0.2) is 0 Å². The second-order valence-corrected chi connectivity index (χ2v) is 4.54. The van der Waals surface area contributed by atoms with Gasteiger partial charge < -0.3 is 14.8 Å². The normalized spacial score (nSPS) is 13.3. The largest absolute Gasteiger partial charge is 0.379 e. The average Bonchev–Trinajstić information content (AvgIpc) is 2.24. The molecule has 1 N–H and O–H groups in total. The van der Waals surface area contributed by atoms with Gasteiger partial charge in [-0.15, -0.1) is 0 Å². The molecular weight excluding hydrogens is 202 g/mol. The first-order valence-electron chi connectivity index (χ1n) is 6.59. The predicted octanol–water partition coefficient (Wildman–Crippen LogP) is 2.60. The molecule has 0 aliphatic carbocycles. The third kappa shape index (κ3) is 12.0. The molecule has 0 amide bonds. The summed E-state index contributed by atoms with van der Waals surface area (Å²) in [6.07, 6.45) is 3.72. The van der Waals surface area contributed by atoms with Crippen molar-refractivity contribution in [3.05, 3.63) is 0 Å². The average molecular weight is 231 g/mol. The van der Waals surface area contributed by atoms with Gasteiger partial charge in [0.15, 0.2) is 0 Å². The fourth-order valence-corrected chi connectivity index (χ4v) is 1.42. The summed E-state index contributed by atoms with van der Waals surface area (Å²) in [5.74, 6) is 0. The Morgan fingerprint density at radius 3 is 2.44 bits per heavy atom. The van der Waals surface area contributed by atoms with E-state index in [1.54, 1.807) is 0 Å². The topological polar surface area (TPSA) is 30.5 Å². The van der Waals surface area contributed by atoms with E-state index in [1.165, 1.54) is 6.42 Å². The first-order chi connectivity index (χ1) is 7.66. The highest BCUT2D eigenvalue weighted by Crippen LogP contribution is 2.00. The Labute approximate surface area is 101 Å². The summed E-state index contributed by atoms with van der Waals surface area (Å²) in [6, 6.07) is 0.582. The van der Waals surface area contributed by atoms with E-state index in [4.69, 9.17) is 9.47 Å². The first-order valence-corrected chi connectivity index (χ1v) is 6.59. The van der Waals surface area contributed by atoms with Crippen LogP contribution in [0.3, 0.4) is 0 Å². The van der Waals surface area contributed by atoms with E-state index in [9.17, 15) is 0 Å². The SMILES string of the molecule is CCCOCCOC(C)CCCNC(C)C. The smallest absolute Gasteiger partial charge is 0.0704 e. The number of nitrogens with one attached hydrogen (secondary N) is 1. The van der Waals surface area contributed by atoms with Crippen molar-refractivity contribution in [2.75, 3.05) is 26.4 Å². The lowest BCUT2D eigenvalue weighted by Crippen LogP contribution is -2.24. The molecule has 0 spiro atoms. The molecule has 1 unspecified atom stereocenters. The van der Waals surface area contributed by atoms with E-state index in [0.717, 1.165) is 39.2 Å². The Bertz CT molecular complexity index is 140. The molecule has 16 heavy (non-hydrogen) atoms. The molecule has 0 bridgehead atoms. The summed E-state index contributed by atoms with van der Waals surface area (Å²) < 4.78 is 11.0. The van der Waals surface area contributed by atoms with E-state index < -0.39 is 0 Å². The first kappa shape index (κ1) is 15.9. The Morgan fingerprint density at radius 2 is 1.81 bits per heavy atom. The van der Waals surface area contributed by atoms with Crippen LogP contribution in [0.25, 0.3) is 0 Å². The van der Waals surface area contributed by atoms with Gasteiger partial charge in [0.1, 0.15) is 0 Å². The van der Waals surface area contributed by atoms with Crippen molar-refractivity contribution in [3.8, 4) is 0 Å². The fraction of sp³-hybridized carbons (Fsp3) is 1.00. The van der Waals surface area contributed by atoms with Crippen molar-refractivity contribution in [3.63, 3.8) is 0 Å². The number of ether oxygens (including phenoxy) is 2. The van der Waals surface area contributed by atoms with Crippen LogP contribution in [0.4, 0.5) is 0 Å². The third-order valence-electron chi connectivity index (χ3n) is 2.32. The summed E-state index contributed by atoms with van der Waals surface area (Å²) in [5.41, 5.74) is 0. The van der Waals surface area contributed by atoms with Crippen molar-refractivity contribution in [2.24, 2.45) is 0 Å². The summed E-state index contributed by atoms with van der Waals surface area (Å²) in [7, 11) is 0. The fourth-order valence-electron chi connectivity index (χ4n) is 1.42. The van der Waals surface area contributed by atoms with Gasteiger partial charge in [0.05, 0.1) is 19.3 Å². The van der Waals surface area contributed by atoms with Crippen LogP contribution in [0.15, 0.2) is 0 Å². The lowest BCUT2D eigenvalue weighted by molar-refractivity contribution is 0.00872. The maximum Gasteiger partial charge on any atom is 0.0704 e. The van der Waals surface area contributed by atoms with Gasteiger partial charge >= 0.3 is 0 Å². The molecule has 1 atom stereocenters. The second kappa shape index (κ2) is 11.4. The monoisotopic (exact) mass is 231 g/mol. The summed E-state index contributed by atoms with van der Waals surface area (Å²) in [5, 5.41) is 3.40. The minimum Gasteiger partial charge on any atom is -0.379 e. The van der Waals surface area contributed by atoms with Gasteiger partial charge in [0.25, 0.3) is 0 Å². The minimum absolute atomic E-state index is 0.346. The Kier molecular flexibility index (Phi) is 11.3. The van der Waals surface area contributed by atoms with Crippen LogP contribution >= 0.6 is 0 Å². The molecule has 3 heteroatoms. The highest BCUT2D eigenvalue weighted by atomic mass is 16.5. The maximum absolute atomic E-state index is 5.64. The van der Waals surface area contributed by atoms with E-state index in [2.05, 4.69) is 33.0 Å². The molecule has 0 rings (SSSR count). The highest BCUT2D eigenvalue weighted by molar-refractivity contribution is 4.56.